The molecule has 0 atom stereocenters. The van der Waals surface area contributed by atoms with Gasteiger partial charge in [0, 0.05) is 17.8 Å². The molecule has 1 aromatic rings. The molecule has 0 aliphatic heterocycles. The highest BCUT2D eigenvalue weighted by Crippen LogP contribution is 2.36. The molecule has 0 saturated heterocycles. The first-order chi connectivity index (χ1) is 9.21. The van der Waals surface area contributed by atoms with Crippen LogP contribution in [-0.4, -0.2) is 27.9 Å². The van der Waals surface area contributed by atoms with Crippen LogP contribution < -0.4 is 5.32 Å². The van der Waals surface area contributed by atoms with Crippen LogP contribution in [0.25, 0.3) is 0 Å². The van der Waals surface area contributed by atoms with E-state index in [1.54, 1.807) is 0 Å². The number of rotatable bonds is 5. The first-order valence-corrected chi connectivity index (χ1v) is 8.17. The molecular formula is C13H20ClN3OS. The third-order valence-corrected chi connectivity index (χ3v) is 5.25. The molecule has 19 heavy (non-hydrogen) atoms. The Bertz CT molecular complexity index is 429. The summed E-state index contributed by atoms with van der Waals surface area (Å²) in [5, 5.41) is 7.00. The fourth-order valence-corrected chi connectivity index (χ4v) is 3.65. The van der Waals surface area contributed by atoms with Crippen molar-refractivity contribution in [3.05, 3.63) is 10.6 Å². The molecule has 0 aromatic carbocycles. The summed E-state index contributed by atoms with van der Waals surface area (Å²) in [6.07, 6.45) is 6.66. The monoisotopic (exact) mass is 301 g/mol. The summed E-state index contributed by atoms with van der Waals surface area (Å²) in [5.41, 5.74) is 0.867. The Labute approximate surface area is 123 Å². The van der Waals surface area contributed by atoms with E-state index in [0.29, 0.717) is 17.3 Å². The van der Waals surface area contributed by atoms with E-state index >= 15 is 0 Å². The van der Waals surface area contributed by atoms with Gasteiger partial charge in [-0.1, -0.05) is 30.7 Å². The molecule has 1 aliphatic rings. The van der Waals surface area contributed by atoms with Crippen molar-refractivity contribution in [1.82, 2.24) is 14.9 Å². The van der Waals surface area contributed by atoms with Gasteiger partial charge in [-0.25, -0.2) is 0 Å². The summed E-state index contributed by atoms with van der Waals surface area (Å²) in [7, 11) is 0. The van der Waals surface area contributed by atoms with Crippen molar-refractivity contribution in [3.63, 3.8) is 0 Å². The minimum Gasteiger partial charge on any atom is -0.351 e. The molecule has 0 bridgehead atoms. The molecule has 1 N–H and O–H groups in total. The predicted molar refractivity (Wildman–Crippen MR) is 77.9 cm³/mol. The number of alkyl halides is 1. The van der Waals surface area contributed by atoms with Gasteiger partial charge in [0.1, 0.15) is 4.88 Å². The lowest BCUT2D eigenvalue weighted by atomic mass is 9.75. The molecule has 6 heteroatoms. The SMILES string of the molecule is CCc1nnsc1C(=O)NCC1(CCl)CCCCC1. The van der Waals surface area contributed by atoms with Crippen LogP contribution in [0.2, 0.25) is 0 Å². The van der Waals surface area contributed by atoms with Gasteiger partial charge in [0.05, 0.1) is 5.69 Å². The lowest BCUT2D eigenvalue weighted by Gasteiger charge is -2.35. The van der Waals surface area contributed by atoms with Gasteiger partial charge in [0.25, 0.3) is 5.91 Å². The Morgan fingerprint density at radius 1 is 1.42 bits per heavy atom. The number of amides is 1. The number of hydrogen-bond donors (Lipinski definition) is 1. The molecule has 4 nitrogen and oxygen atoms in total. The third-order valence-electron chi connectivity index (χ3n) is 3.92. The van der Waals surface area contributed by atoms with Gasteiger partial charge >= 0.3 is 0 Å². The van der Waals surface area contributed by atoms with Crippen LogP contribution in [0.5, 0.6) is 0 Å². The van der Waals surface area contributed by atoms with Crippen LogP contribution in [0.15, 0.2) is 0 Å². The fraction of sp³-hybridized carbons (Fsp3) is 0.769. The van der Waals surface area contributed by atoms with Crippen molar-refractivity contribution in [2.45, 2.75) is 45.4 Å². The standard InChI is InChI=1S/C13H20ClN3OS/c1-2-10-11(19-17-16-10)12(18)15-9-13(8-14)6-4-3-5-7-13/h2-9H2,1H3,(H,15,18). The van der Waals surface area contributed by atoms with E-state index in [-0.39, 0.29) is 11.3 Å². The number of aryl methyl sites for hydroxylation is 1. The minimum absolute atomic E-state index is 0.0538. The van der Waals surface area contributed by atoms with Crippen LogP contribution in [0.3, 0.4) is 0 Å². The summed E-state index contributed by atoms with van der Waals surface area (Å²) in [6, 6.07) is 0. The smallest absolute Gasteiger partial charge is 0.264 e. The third kappa shape index (κ3) is 3.45. The average molecular weight is 302 g/mol. The highest BCUT2D eigenvalue weighted by molar-refractivity contribution is 7.08. The van der Waals surface area contributed by atoms with Crippen LogP contribution >= 0.6 is 23.1 Å². The molecule has 1 amide bonds. The van der Waals surface area contributed by atoms with E-state index in [1.807, 2.05) is 6.92 Å². The van der Waals surface area contributed by atoms with E-state index in [4.69, 9.17) is 11.6 Å². The van der Waals surface area contributed by atoms with Crippen molar-refractivity contribution in [1.29, 1.82) is 0 Å². The van der Waals surface area contributed by atoms with Gasteiger partial charge in [-0.2, -0.15) is 0 Å². The van der Waals surface area contributed by atoms with Crippen molar-refractivity contribution in [2.24, 2.45) is 5.41 Å². The molecule has 1 heterocycles. The number of carbonyl (C=O) groups excluding carboxylic acids is 1. The fourth-order valence-electron chi connectivity index (χ4n) is 2.62. The number of aromatic nitrogens is 2. The van der Waals surface area contributed by atoms with E-state index in [2.05, 4.69) is 14.9 Å². The predicted octanol–water partition coefficient (Wildman–Crippen LogP) is 3.02. The molecule has 0 spiro atoms. The Morgan fingerprint density at radius 3 is 2.79 bits per heavy atom. The van der Waals surface area contributed by atoms with Crippen LogP contribution in [0.4, 0.5) is 0 Å². The summed E-state index contributed by atoms with van der Waals surface area (Å²) in [6.45, 7) is 2.64. The van der Waals surface area contributed by atoms with Crippen molar-refractivity contribution < 1.29 is 4.79 Å². The van der Waals surface area contributed by atoms with E-state index in [9.17, 15) is 4.79 Å². The van der Waals surface area contributed by atoms with Gasteiger partial charge in [0.2, 0.25) is 0 Å². The first kappa shape index (κ1) is 14.7. The lowest BCUT2D eigenvalue weighted by Crippen LogP contribution is -2.40. The summed E-state index contributed by atoms with van der Waals surface area (Å²) in [5.74, 6) is 0.566. The molecule has 106 valence electrons. The number of halogens is 1. The highest BCUT2D eigenvalue weighted by atomic mass is 35.5. The zero-order chi connectivity index (χ0) is 13.7. The van der Waals surface area contributed by atoms with Crippen LogP contribution in [0, 0.1) is 5.41 Å². The molecule has 1 fully saturated rings. The van der Waals surface area contributed by atoms with Gasteiger partial charge in [-0.15, -0.1) is 16.7 Å². The number of nitrogens with one attached hydrogen (secondary N) is 1. The Kier molecular flexibility index (Phi) is 5.16. The normalized spacial score (nSPS) is 18.2. The molecular weight excluding hydrogens is 282 g/mol. The number of carbonyl (C=O) groups is 1. The Morgan fingerprint density at radius 2 is 2.16 bits per heavy atom. The van der Waals surface area contributed by atoms with E-state index in [1.165, 1.54) is 30.8 Å². The Hall–Kier alpha value is -0.680. The second-order valence-electron chi connectivity index (χ2n) is 5.28. The average Bonchev–Trinajstić information content (AvgIpc) is 2.94. The molecule has 1 saturated carbocycles. The van der Waals surface area contributed by atoms with Crippen molar-refractivity contribution in [2.75, 3.05) is 12.4 Å². The van der Waals surface area contributed by atoms with Gasteiger partial charge in [-0.3, -0.25) is 4.79 Å². The topological polar surface area (TPSA) is 54.9 Å². The largest absolute Gasteiger partial charge is 0.351 e. The van der Waals surface area contributed by atoms with Crippen molar-refractivity contribution >= 4 is 29.0 Å². The molecule has 0 radical (unpaired) electrons. The van der Waals surface area contributed by atoms with E-state index in [0.717, 1.165) is 25.0 Å². The van der Waals surface area contributed by atoms with Crippen molar-refractivity contribution in [3.8, 4) is 0 Å². The maximum Gasteiger partial charge on any atom is 0.264 e. The first-order valence-electron chi connectivity index (χ1n) is 6.86. The highest BCUT2D eigenvalue weighted by Gasteiger charge is 2.32. The van der Waals surface area contributed by atoms with Gasteiger partial charge in [-0.05, 0) is 30.8 Å². The summed E-state index contributed by atoms with van der Waals surface area (Å²) in [4.78, 5) is 12.8. The number of hydrogen-bond acceptors (Lipinski definition) is 4. The quantitative estimate of drug-likeness (QED) is 0.851. The second-order valence-corrected chi connectivity index (χ2v) is 6.30. The second kappa shape index (κ2) is 6.66. The summed E-state index contributed by atoms with van der Waals surface area (Å²) < 4.78 is 3.85. The Balaban J connectivity index is 1.95. The molecule has 1 aliphatic carbocycles. The molecule has 0 unspecified atom stereocenters. The zero-order valence-electron chi connectivity index (χ0n) is 11.2. The number of nitrogens with zero attached hydrogens (tertiary/aromatic N) is 2. The van der Waals surface area contributed by atoms with Gasteiger partial charge in [0.15, 0.2) is 0 Å². The van der Waals surface area contributed by atoms with E-state index < -0.39 is 0 Å². The van der Waals surface area contributed by atoms with Crippen LogP contribution in [-0.2, 0) is 6.42 Å². The molecule has 1 aromatic heterocycles. The minimum atomic E-state index is -0.0538. The lowest BCUT2D eigenvalue weighted by molar-refractivity contribution is 0.0924. The van der Waals surface area contributed by atoms with Crippen LogP contribution in [0.1, 0.15) is 54.4 Å². The maximum atomic E-state index is 12.2. The molecule has 2 rings (SSSR count). The zero-order valence-corrected chi connectivity index (χ0v) is 12.8. The van der Waals surface area contributed by atoms with Gasteiger partial charge < -0.3 is 5.32 Å². The summed E-state index contributed by atoms with van der Waals surface area (Å²) >= 11 is 7.30. The maximum absolute atomic E-state index is 12.2.